The molecule has 1 heterocycles. The van der Waals surface area contributed by atoms with Crippen LogP contribution in [-0.2, 0) is 0 Å². The lowest BCUT2D eigenvalue weighted by molar-refractivity contribution is 0.262. The van der Waals surface area contributed by atoms with E-state index in [2.05, 4.69) is 20.8 Å². The molecule has 0 fully saturated rings. The quantitative estimate of drug-likeness (QED) is 0.624. The maximum absolute atomic E-state index is 12.3. The Morgan fingerprint density at radius 2 is 1.72 bits per heavy atom. The van der Waals surface area contributed by atoms with E-state index in [1.807, 2.05) is 25.1 Å². The molecule has 8 heteroatoms. The van der Waals surface area contributed by atoms with Gasteiger partial charge in [0.05, 0.1) is 32.2 Å². The van der Waals surface area contributed by atoms with Gasteiger partial charge in [-0.2, -0.15) is 0 Å². The molecule has 29 heavy (non-hydrogen) atoms. The number of rotatable bonds is 7. The van der Waals surface area contributed by atoms with Crippen LogP contribution in [0.4, 0.5) is 16.2 Å². The predicted molar refractivity (Wildman–Crippen MR) is 111 cm³/mol. The van der Waals surface area contributed by atoms with Gasteiger partial charge in [-0.25, -0.2) is 4.79 Å². The number of aromatic nitrogens is 2. The summed E-state index contributed by atoms with van der Waals surface area (Å²) in [6, 6.07) is 15.7. The Balaban J connectivity index is 1.66. The number of carbonyl (C=O) groups is 1. The van der Waals surface area contributed by atoms with Gasteiger partial charge in [0, 0.05) is 23.4 Å². The lowest BCUT2D eigenvalue weighted by atomic mass is 10.1. The van der Waals surface area contributed by atoms with Gasteiger partial charge in [0.15, 0.2) is 0 Å². The average Bonchev–Trinajstić information content (AvgIpc) is 2.75. The second-order valence-corrected chi connectivity index (χ2v) is 5.91. The van der Waals surface area contributed by atoms with Crippen molar-refractivity contribution in [3.05, 3.63) is 54.6 Å². The molecule has 0 spiro atoms. The molecule has 0 unspecified atom stereocenters. The fourth-order valence-electron chi connectivity index (χ4n) is 2.62. The lowest BCUT2D eigenvalue weighted by Crippen LogP contribution is -2.19. The largest absolute Gasteiger partial charge is 0.497 e. The minimum Gasteiger partial charge on any atom is -0.497 e. The molecule has 2 amide bonds. The van der Waals surface area contributed by atoms with E-state index in [1.54, 1.807) is 43.5 Å². The van der Waals surface area contributed by atoms with Crippen LogP contribution in [-0.4, -0.2) is 37.1 Å². The molecular weight excluding hydrogens is 372 g/mol. The third-order valence-corrected chi connectivity index (χ3v) is 4.03. The second-order valence-electron chi connectivity index (χ2n) is 5.91. The van der Waals surface area contributed by atoms with E-state index in [4.69, 9.17) is 14.2 Å². The summed E-state index contributed by atoms with van der Waals surface area (Å²) < 4.78 is 15.7. The van der Waals surface area contributed by atoms with Gasteiger partial charge in [0.25, 0.3) is 0 Å². The second kappa shape index (κ2) is 9.41. The summed E-state index contributed by atoms with van der Waals surface area (Å²) in [5, 5.41) is 13.7. The Kier molecular flexibility index (Phi) is 6.47. The van der Waals surface area contributed by atoms with Crippen molar-refractivity contribution in [2.45, 2.75) is 6.92 Å². The van der Waals surface area contributed by atoms with E-state index in [1.165, 1.54) is 7.11 Å². The number of hydrogen-bond acceptors (Lipinski definition) is 6. The van der Waals surface area contributed by atoms with Crippen LogP contribution in [0.5, 0.6) is 17.4 Å². The number of urea groups is 1. The molecule has 0 saturated carbocycles. The van der Waals surface area contributed by atoms with E-state index >= 15 is 0 Å². The molecule has 0 aliphatic rings. The van der Waals surface area contributed by atoms with Gasteiger partial charge in [-0.1, -0.05) is 12.1 Å². The van der Waals surface area contributed by atoms with E-state index in [0.717, 1.165) is 5.56 Å². The van der Waals surface area contributed by atoms with Gasteiger partial charge < -0.3 is 24.8 Å². The summed E-state index contributed by atoms with van der Waals surface area (Å²) >= 11 is 0. The first-order valence-corrected chi connectivity index (χ1v) is 9.00. The van der Waals surface area contributed by atoms with Crippen LogP contribution in [0.15, 0.2) is 54.6 Å². The minimum atomic E-state index is -0.398. The number of nitrogens with zero attached hydrogens (tertiary/aromatic N) is 2. The van der Waals surface area contributed by atoms with E-state index in [9.17, 15) is 4.79 Å². The van der Waals surface area contributed by atoms with Crippen LogP contribution >= 0.6 is 0 Å². The highest BCUT2D eigenvalue weighted by Gasteiger charge is 2.10. The van der Waals surface area contributed by atoms with Crippen molar-refractivity contribution in [1.29, 1.82) is 0 Å². The van der Waals surface area contributed by atoms with Crippen molar-refractivity contribution in [3.8, 4) is 28.6 Å². The monoisotopic (exact) mass is 394 g/mol. The molecule has 2 aromatic carbocycles. The number of carbonyl (C=O) groups excluding carboxylic acids is 1. The predicted octanol–water partition coefficient (Wildman–Crippen LogP) is 4.20. The number of anilines is 2. The molecule has 0 bridgehead atoms. The van der Waals surface area contributed by atoms with Crippen molar-refractivity contribution in [3.63, 3.8) is 0 Å². The van der Waals surface area contributed by atoms with Gasteiger partial charge in [-0.05, 0) is 37.3 Å². The van der Waals surface area contributed by atoms with E-state index in [-0.39, 0.29) is 0 Å². The topological polar surface area (TPSA) is 94.6 Å². The Hall–Kier alpha value is -3.81. The summed E-state index contributed by atoms with van der Waals surface area (Å²) in [5.74, 6) is 1.63. The molecule has 150 valence electrons. The van der Waals surface area contributed by atoms with Gasteiger partial charge in [0.2, 0.25) is 5.88 Å². The van der Waals surface area contributed by atoms with Gasteiger partial charge in [-0.3, -0.25) is 0 Å². The van der Waals surface area contributed by atoms with E-state index < -0.39 is 6.03 Å². The highest BCUT2D eigenvalue weighted by molar-refractivity contribution is 6.00. The molecule has 0 radical (unpaired) electrons. The first-order chi connectivity index (χ1) is 14.1. The number of benzene rings is 2. The minimum absolute atomic E-state index is 0.398. The van der Waals surface area contributed by atoms with Crippen LogP contribution in [0.2, 0.25) is 0 Å². The highest BCUT2D eigenvalue weighted by Crippen LogP contribution is 2.29. The molecule has 0 saturated heterocycles. The highest BCUT2D eigenvalue weighted by atomic mass is 16.5. The van der Waals surface area contributed by atoms with Crippen molar-refractivity contribution in [2.24, 2.45) is 0 Å². The summed E-state index contributed by atoms with van der Waals surface area (Å²) in [6.45, 7) is 2.43. The van der Waals surface area contributed by atoms with Gasteiger partial charge in [0.1, 0.15) is 11.5 Å². The third-order valence-electron chi connectivity index (χ3n) is 4.03. The fraction of sp³-hybridized carbons (Fsp3) is 0.190. The number of hydrogen-bond donors (Lipinski definition) is 2. The van der Waals surface area contributed by atoms with Crippen LogP contribution in [0.25, 0.3) is 11.3 Å². The fourth-order valence-corrected chi connectivity index (χ4v) is 2.62. The summed E-state index contributed by atoms with van der Waals surface area (Å²) in [6.07, 6.45) is 0. The van der Waals surface area contributed by atoms with Gasteiger partial charge >= 0.3 is 6.03 Å². The van der Waals surface area contributed by atoms with Crippen molar-refractivity contribution in [2.75, 3.05) is 31.5 Å². The molecule has 1 aromatic heterocycles. The van der Waals surface area contributed by atoms with Gasteiger partial charge in [-0.15, -0.1) is 10.2 Å². The van der Waals surface area contributed by atoms with Crippen molar-refractivity contribution < 1.29 is 19.0 Å². The lowest BCUT2D eigenvalue weighted by Gasteiger charge is -2.12. The first-order valence-electron chi connectivity index (χ1n) is 9.00. The molecule has 8 nitrogen and oxygen atoms in total. The zero-order valence-electron chi connectivity index (χ0n) is 16.4. The maximum atomic E-state index is 12.3. The molecule has 3 aromatic rings. The smallest absolute Gasteiger partial charge is 0.323 e. The number of ether oxygens (including phenoxy) is 3. The Morgan fingerprint density at radius 1 is 0.931 bits per heavy atom. The van der Waals surface area contributed by atoms with Crippen molar-refractivity contribution >= 4 is 17.4 Å². The summed E-state index contributed by atoms with van der Waals surface area (Å²) in [5.41, 5.74) is 2.73. The first kappa shape index (κ1) is 19.9. The third kappa shape index (κ3) is 5.13. The Labute approximate surface area is 168 Å². The zero-order valence-corrected chi connectivity index (χ0v) is 16.4. The molecule has 0 aliphatic heterocycles. The average molecular weight is 394 g/mol. The SMILES string of the molecule is CCOc1ccc(-c2ccc(NC(=O)Nc3cc(OC)ccc3OC)cc2)nn1. The number of methoxy groups -OCH3 is 2. The Morgan fingerprint density at radius 3 is 2.34 bits per heavy atom. The molecular formula is C21H22N4O4. The standard InChI is InChI=1S/C21H22N4O4/c1-4-29-20-12-10-17(24-25-20)14-5-7-15(8-6-14)22-21(26)23-18-13-16(27-2)9-11-19(18)28-3/h5-13H,4H2,1-3H3,(H2,22,23,26). The molecule has 3 rings (SSSR count). The summed E-state index contributed by atoms with van der Waals surface area (Å²) in [7, 11) is 3.09. The number of nitrogens with one attached hydrogen (secondary N) is 2. The van der Waals surface area contributed by atoms with Crippen LogP contribution in [0.1, 0.15) is 6.92 Å². The molecule has 2 N–H and O–H groups in total. The molecule has 0 atom stereocenters. The van der Waals surface area contributed by atoms with Crippen LogP contribution < -0.4 is 24.8 Å². The van der Waals surface area contributed by atoms with E-state index in [0.29, 0.717) is 41.1 Å². The normalized spacial score (nSPS) is 10.2. The van der Waals surface area contributed by atoms with Crippen LogP contribution in [0.3, 0.4) is 0 Å². The Bertz CT molecular complexity index is 959. The van der Waals surface area contributed by atoms with Crippen LogP contribution in [0, 0.1) is 0 Å². The number of amides is 2. The maximum Gasteiger partial charge on any atom is 0.323 e. The zero-order chi connectivity index (χ0) is 20.6. The van der Waals surface area contributed by atoms with Crippen molar-refractivity contribution in [1.82, 2.24) is 10.2 Å². The summed E-state index contributed by atoms with van der Waals surface area (Å²) in [4.78, 5) is 12.3. The molecule has 0 aliphatic carbocycles.